The topological polar surface area (TPSA) is 148 Å². The number of oxime groups is 1. The number of nitrogens with zero attached hydrogens (tertiary/aromatic N) is 3. The Balaban J connectivity index is 0.000000287. The minimum Gasteiger partial charge on any atom is -0.511 e. The quantitative estimate of drug-likeness (QED) is 0.0798. The second-order valence-corrected chi connectivity index (χ2v) is 14.4. The molecular formula is C45H52F3N3O9. The van der Waals surface area contributed by atoms with Gasteiger partial charge in [0.15, 0.2) is 11.9 Å². The van der Waals surface area contributed by atoms with Gasteiger partial charge in [0, 0.05) is 31.5 Å². The van der Waals surface area contributed by atoms with Crippen LogP contribution in [-0.4, -0.2) is 51.5 Å². The number of hydrogen-bond acceptors (Lipinski definition) is 10. The van der Waals surface area contributed by atoms with Crippen molar-refractivity contribution in [2.75, 3.05) is 13.7 Å². The standard InChI is InChI=1S/C25H25F3N2O6.C20H27NO3/c1-5-16-6-7-17(20(12-16)36-15(2)23(32)34-4)14-35-19-10-8-18(9-11-19)30-22(31)13-21(25(26,27)28)29(3)24(30)33;1-6-16(21-24-7-2)20-17(22)10-15(11-18(20)23)19-13(4)8-12(3)9-14(19)5/h6-13,15H,5,14H2,1-4H3;8-9,15,22H,6-7,10-11H2,1-5H3/b;21-16+. The van der Waals surface area contributed by atoms with Crippen LogP contribution in [0, 0.1) is 20.8 Å². The highest BCUT2D eigenvalue weighted by Gasteiger charge is 2.35. The van der Waals surface area contributed by atoms with E-state index in [2.05, 4.69) is 38.1 Å². The molecule has 2 atom stereocenters. The fourth-order valence-corrected chi connectivity index (χ4v) is 7.13. The van der Waals surface area contributed by atoms with Gasteiger partial charge in [0.25, 0.3) is 5.56 Å². The molecule has 0 fully saturated rings. The van der Waals surface area contributed by atoms with E-state index in [4.69, 9.17) is 19.0 Å². The molecule has 0 saturated carbocycles. The summed E-state index contributed by atoms with van der Waals surface area (Å²) in [6.07, 6.45) is -3.49. The number of carbonyl (C=O) groups is 2. The average Bonchev–Trinajstić information content (AvgIpc) is 3.19. The van der Waals surface area contributed by atoms with Crippen molar-refractivity contribution in [2.45, 2.75) is 99.0 Å². The molecule has 0 radical (unpaired) electrons. The van der Waals surface area contributed by atoms with Crippen LogP contribution in [0.4, 0.5) is 13.2 Å². The van der Waals surface area contributed by atoms with E-state index in [1.54, 1.807) is 6.92 Å². The van der Waals surface area contributed by atoms with Crippen molar-refractivity contribution in [3.8, 4) is 17.2 Å². The molecule has 1 heterocycles. The Bertz CT molecular complexity index is 2360. The first-order valence-electron chi connectivity index (χ1n) is 19.6. The number of ketones is 1. The number of alkyl halides is 3. The van der Waals surface area contributed by atoms with Gasteiger partial charge in [-0.1, -0.05) is 48.8 Å². The van der Waals surface area contributed by atoms with Crippen LogP contribution < -0.4 is 20.7 Å². The third kappa shape index (κ3) is 11.1. The zero-order chi connectivity index (χ0) is 44.5. The van der Waals surface area contributed by atoms with Gasteiger partial charge in [-0.15, -0.1) is 0 Å². The number of carbonyl (C=O) groups excluding carboxylic acids is 2. The molecular weight excluding hydrogens is 784 g/mol. The van der Waals surface area contributed by atoms with Gasteiger partial charge in [-0.05, 0) is 106 Å². The number of Topliss-reactive ketones (excluding diaryl/α,β-unsaturated/α-hetero) is 1. The van der Waals surface area contributed by atoms with Crippen LogP contribution in [0.3, 0.4) is 0 Å². The molecule has 15 heteroatoms. The van der Waals surface area contributed by atoms with Gasteiger partial charge in [-0.2, -0.15) is 13.2 Å². The summed E-state index contributed by atoms with van der Waals surface area (Å²) in [6.45, 7) is 14.0. The maximum atomic E-state index is 13.1. The van der Waals surface area contributed by atoms with Crippen LogP contribution in [0.15, 0.2) is 86.7 Å². The smallest absolute Gasteiger partial charge is 0.431 e. The molecule has 0 saturated heterocycles. The van der Waals surface area contributed by atoms with Crippen molar-refractivity contribution < 1.29 is 46.9 Å². The highest BCUT2D eigenvalue weighted by molar-refractivity contribution is 6.23. The summed E-state index contributed by atoms with van der Waals surface area (Å²) in [5, 5.41) is 14.5. The molecule has 1 aliphatic rings. The van der Waals surface area contributed by atoms with Gasteiger partial charge in [0.2, 0.25) is 0 Å². The Morgan fingerprint density at radius 3 is 2.15 bits per heavy atom. The number of allylic oxidation sites excluding steroid dienone is 2. The van der Waals surface area contributed by atoms with Gasteiger partial charge in [-0.3, -0.25) is 14.2 Å². The molecule has 322 valence electrons. The van der Waals surface area contributed by atoms with Crippen molar-refractivity contribution in [1.29, 1.82) is 0 Å². The first-order chi connectivity index (χ1) is 28.3. The predicted molar refractivity (Wildman–Crippen MR) is 221 cm³/mol. The summed E-state index contributed by atoms with van der Waals surface area (Å²) in [5.41, 5.74) is 3.84. The van der Waals surface area contributed by atoms with E-state index in [1.807, 2.05) is 39.0 Å². The lowest BCUT2D eigenvalue weighted by molar-refractivity contribution is -0.148. The lowest BCUT2D eigenvalue weighted by Gasteiger charge is -2.27. The molecule has 1 aliphatic carbocycles. The number of ether oxygens (including phenoxy) is 3. The Morgan fingerprint density at radius 2 is 1.60 bits per heavy atom. The number of rotatable bonds is 13. The minimum atomic E-state index is -4.84. The van der Waals surface area contributed by atoms with Crippen LogP contribution in [0.1, 0.15) is 91.9 Å². The second kappa shape index (κ2) is 20.2. The average molecular weight is 836 g/mol. The van der Waals surface area contributed by atoms with Crippen LogP contribution in [0.5, 0.6) is 11.5 Å². The van der Waals surface area contributed by atoms with Crippen molar-refractivity contribution in [3.05, 3.63) is 132 Å². The molecule has 0 amide bonds. The molecule has 2 unspecified atom stereocenters. The number of benzene rings is 3. The number of aliphatic hydroxyl groups is 1. The molecule has 3 aromatic carbocycles. The maximum absolute atomic E-state index is 13.1. The van der Waals surface area contributed by atoms with Crippen molar-refractivity contribution in [2.24, 2.45) is 12.2 Å². The highest BCUT2D eigenvalue weighted by atomic mass is 19.4. The molecule has 60 heavy (non-hydrogen) atoms. The van der Waals surface area contributed by atoms with Crippen molar-refractivity contribution in [3.63, 3.8) is 0 Å². The van der Waals surface area contributed by atoms with Crippen LogP contribution in [-0.2, 0) is 45.4 Å². The molecule has 0 aliphatic heterocycles. The van der Waals surface area contributed by atoms with Crippen LogP contribution >= 0.6 is 0 Å². The summed E-state index contributed by atoms with van der Waals surface area (Å²) >= 11 is 0. The predicted octanol–water partition coefficient (Wildman–Crippen LogP) is 8.31. The van der Waals surface area contributed by atoms with Crippen molar-refractivity contribution in [1.82, 2.24) is 9.13 Å². The summed E-state index contributed by atoms with van der Waals surface area (Å²) in [5.74, 6) is 0.418. The number of aromatic nitrogens is 2. The molecule has 5 rings (SSSR count). The summed E-state index contributed by atoms with van der Waals surface area (Å²) in [4.78, 5) is 54.3. The van der Waals surface area contributed by atoms with Gasteiger partial charge in [-0.25, -0.2) is 14.2 Å². The number of methoxy groups -OCH3 is 1. The Hall–Kier alpha value is -6.12. The summed E-state index contributed by atoms with van der Waals surface area (Å²) in [7, 11) is 2.22. The number of aryl methyl sites for hydroxylation is 4. The Morgan fingerprint density at radius 1 is 0.950 bits per heavy atom. The molecule has 1 N–H and O–H groups in total. The fraction of sp³-hybridized carbons (Fsp3) is 0.400. The molecule has 12 nitrogen and oxygen atoms in total. The lowest BCUT2D eigenvalue weighted by atomic mass is 9.78. The number of hydrogen-bond donors (Lipinski definition) is 1. The van der Waals surface area contributed by atoms with Crippen LogP contribution in [0.25, 0.3) is 5.69 Å². The molecule has 0 spiro atoms. The molecule has 0 bridgehead atoms. The molecule has 4 aromatic rings. The summed E-state index contributed by atoms with van der Waals surface area (Å²) in [6, 6.07) is 15.9. The van der Waals surface area contributed by atoms with E-state index < -0.39 is 35.2 Å². The lowest BCUT2D eigenvalue weighted by Crippen LogP contribution is -2.40. The first-order valence-corrected chi connectivity index (χ1v) is 19.6. The normalized spacial score (nSPS) is 14.9. The highest BCUT2D eigenvalue weighted by Crippen LogP contribution is 2.38. The van der Waals surface area contributed by atoms with E-state index in [0.29, 0.717) is 69.4 Å². The summed E-state index contributed by atoms with van der Waals surface area (Å²) < 4.78 is 56.5. The van der Waals surface area contributed by atoms with E-state index >= 15 is 0 Å². The largest absolute Gasteiger partial charge is 0.511 e. The minimum absolute atomic E-state index is 0.0204. The van der Waals surface area contributed by atoms with Crippen LogP contribution in [0.2, 0.25) is 0 Å². The third-order valence-corrected chi connectivity index (χ3v) is 9.99. The Labute approximate surface area is 346 Å². The Kier molecular flexibility index (Phi) is 15.7. The SMILES string of the molecule is CCO/N=C(\CC)C1=C(O)CC(c2c(C)cc(C)cc2C)CC1=O.CCc1ccc(COc2ccc(-n3c(=O)cc(C(F)(F)F)n(C)c3=O)cc2)c(OC(C)C(=O)OC)c1. The first kappa shape index (κ1) is 46.6. The van der Waals surface area contributed by atoms with Gasteiger partial charge in [0.1, 0.15) is 36.2 Å². The maximum Gasteiger partial charge on any atom is 0.431 e. The van der Waals surface area contributed by atoms with E-state index in [0.717, 1.165) is 19.0 Å². The monoisotopic (exact) mass is 835 g/mol. The zero-order valence-electron chi connectivity index (χ0n) is 35.4. The zero-order valence-corrected chi connectivity index (χ0v) is 35.4. The molecule has 1 aromatic heterocycles. The number of aliphatic hydroxyl groups excluding tert-OH is 1. The third-order valence-electron chi connectivity index (χ3n) is 9.99. The number of esters is 1. The fourth-order valence-electron chi connectivity index (χ4n) is 7.13. The number of halogens is 3. The van der Waals surface area contributed by atoms with Crippen molar-refractivity contribution >= 4 is 17.5 Å². The van der Waals surface area contributed by atoms with E-state index in [9.17, 15) is 37.5 Å². The van der Waals surface area contributed by atoms with Gasteiger partial charge in [0.05, 0.1) is 24.1 Å². The van der Waals surface area contributed by atoms with E-state index in [1.165, 1.54) is 53.6 Å². The van der Waals surface area contributed by atoms with Gasteiger partial charge >= 0.3 is 17.8 Å². The van der Waals surface area contributed by atoms with Gasteiger partial charge < -0.3 is 24.2 Å². The second-order valence-electron chi connectivity index (χ2n) is 14.4. The van der Waals surface area contributed by atoms with E-state index in [-0.39, 0.29) is 29.8 Å².